The van der Waals surface area contributed by atoms with Crippen LogP contribution in [0.5, 0.6) is 11.5 Å². The van der Waals surface area contributed by atoms with Crippen LogP contribution in [0.2, 0.25) is 10.0 Å². The lowest BCUT2D eigenvalue weighted by atomic mass is 10.1. The van der Waals surface area contributed by atoms with Crippen LogP contribution in [0.3, 0.4) is 0 Å². The van der Waals surface area contributed by atoms with Crippen molar-refractivity contribution < 1.29 is 15.0 Å². The van der Waals surface area contributed by atoms with Gasteiger partial charge in [-0.3, -0.25) is 4.79 Å². The molecule has 0 amide bonds. The van der Waals surface area contributed by atoms with E-state index in [1.165, 1.54) is 24.3 Å². The molecule has 0 aromatic heterocycles. The number of nitrogens with zero attached hydrogens (tertiary/aromatic N) is 2. The molecular weight excluding hydrogens is 399 g/mol. The molecule has 5 nitrogen and oxygen atoms in total. The minimum atomic E-state index is -0.201. The summed E-state index contributed by atoms with van der Waals surface area (Å²) in [4.78, 5) is 12.3. The van der Waals surface area contributed by atoms with Crippen LogP contribution in [0.4, 0.5) is 11.4 Å². The third-order valence-electron chi connectivity index (χ3n) is 3.79. The molecule has 28 heavy (non-hydrogen) atoms. The fourth-order valence-corrected chi connectivity index (χ4v) is 2.79. The molecule has 0 radical (unpaired) electrons. The third kappa shape index (κ3) is 4.76. The van der Waals surface area contributed by atoms with Gasteiger partial charge in [0.05, 0.1) is 5.69 Å². The Balaban J connectivity index is 1.72. The number of ketones is 1. The van der Waals surface area contributed by atoms with Gasteiger partial charge in [-0.15, -0.1) is 5.11 Å². The van der Waals surface area contributed by atoms with Crippen molar-refractivity contribution in [3.63, 3.8) is 0 Å². The maximum Gasteiger partial charge on any atom is 0.185 e. The van der Waals surface area contributed by atoms with Crippen molar-refractivity contribution >= 4 is 46.4 Å². The minimum Gasteiger partial charge on any atom is -0.505 e. The second-order valence-electron chi connectivity index (χ2n) is 5.76. The molecule has 0 saturated heterocycles. The second kappa shape index (κ2) is 8.69. The highest BCUT2D eigenvalue weighted by Crippen LogP contribution is 2.36. The van der Waals surface area contributed by atoms with Crippen LogP contribution in [-0.4, -0.2) is 16.0 Å². The lowest BCUT2D eigenvalue weighted by Crippen LogP contribution is -1.93. The van der Waals surface area contributed by atoms with Gasteiger partial charge in [0, 0.05) is 15.6 Å². The molecule has 0 aliphatic heterocycles. The van der Waals surface area contributed by atoms with Crippen LogP contribution in [0.1, 0.15) is 15.9 Å². The third-order valence-corrected chi connectivity index (χ3v) is 4.35. The van der Waals surface area contributed by atoms with Crippen LogP contribution in [-0.2, 0) is 0 Å². The number of carbonyl (C=O) groups excluding carboxylic acids is 1. The molecule has 3 aromatic carbocycles. The predicted molar refractivity (Wildman–Crippen MR) is 110 cm³/mol. The van der Waals surface area contributed by atoms with E-state index >= 15 is 0 Å². The fraction of sp³-hybridized carbons (Fsp3) is 0. The molecule has 0 aliphatic carbocycles. The molecule has 3 aromatic rings. The van der Waals surface area contributed by atoms with Crippen LogP contribution in [0.15, 0.2) is 77.0 Å². The Kier molecular flexibility index (Phi) is 6.09. The molecule has 3 rings (SSSR count). The van der Waals surface area contributed by atoms with E-state index in [0.29, 0.717) is 26.9 Å². The summed E-state index contributed by atoms with van der Waals surface area (Å²) in [6, 6.07) is 15.7. The summed E-state index contributed by atoms with van der Waals surface area (Å²) >= 11 is 11.9. The van der Waals surface area contributed by atoms with Crippen LogP contribution in [0.25, 0.3) is 6.08 Å². The Morgan fingerprint density at radius 3 is 2.21 bits per heavy atom. The average molecular weight is 413 g/mol. The molecule has 140 valence electrons. The monoisotopic (exact) mass is 412 g/mol. The van der Waals surface area contributed by atoms with E-state index in [-0.39, 0.29) is 23.0 Å². The Bertz CT molecular complexity index is 1060. The molecule has 7 heteroatoms. The number of allylic oxidation sites excluding steroid dienone is 1. The van der Waals surface area contributed by atoms with Gasteiger partial charge in [-0.05, 0) is 66.2 Å². The van der Waals surface area contributed by atoms with Gasteiger partial charge in [-0.1, -0.05) is 35.3 Å². The van der Waals surface area contributed by atoms with Crippen LogP contribution in [0, 0.1) is 0 Å². The quantitative estimate of drug-likeness (QED) is 0.277. The highest BCUT2D eigenvalue weighted by atomic mass is 35.5. The first kappa shape index (κ1) is 19.6. The normalized spacial score (nSPS) is 11.4. The smallest absolute Gasteiger partial charge is 0.185 e. The lowest BCUT2D eigenvalue weighted by Gasteiger charge is -2.01. The highest BCUT2D eigenvalue weighted by molar-refractivity contribution is 6.35. The van der Waals surface area contributed by atoms with Crippen molar-refractivity contribution in [1.82, 2.24) is 0 Å². The van der Waals surface area contributed by atoms with Crippen molar-refractivity contribution in [2.45, 2.75) is 0 Å². The molecule has 0 fully saturated rings. The zero-order chi connectivity index (χ0) is 20.1. The van der Waals surface area contributed by atoms with Gasteiger partial charge in [-0.2, -0.15) is 5.11 Å². The highest BCUT2D eigenvalue weighted by Gasteiger charge is 2.06. The van der Waals surface area contributed by atoms with Gasteiger partial charge in [0.2, 0.25) is 0 Å². The first-order chi connectivity index (χ1) is 13.4. The SMILES string of the molecule is O=C(/C=C/c1ccc(Cl)cc1Cl)c1ccc(N=Nc2c(O)cccc2O)cc1. The van der Waals surface area contributed by atoms with E-state index in [1.54, 1.807) is 48.5 Å². The van der Waals surface area contributed by atoms with E-state index < -0.39 is 0 Å². The Morgan fingerprint density at radius 1 is 0.893 bits per heavy atom. The molecular formula is C21H14Cl2N2O3. The second-order valence-corrected chi connectivity index (χ2v) is 6.60. The summed E-state index contributed by atoms with van der Waals surface area (Å²) in [5, 5.41) is 28.2. The van der Waals surface area contributed by atoms with Crippen molar-refractivity contribution in [3.8, 4) is 11.5 Å². The van der Waals surface area contributed by atoms with Gasteiger partial charge in [-0.25, -0.2) is 0 Å². The maximum absolute atomic E-state index is 12.3. The van der Waals surface area contributed by atoms with Crippen molar-refractivity contribution in [3.05, 3.63) is 87.9 Å². The summed E-state index contributed by atoms with van der Waals surface area (Å²) in [5.41, 5.74) is 1.59. The standard InChI is InChI=1S/C21H14Cl2N2O3/c22-15-8-4-13(17(23)12-15)7-11-18(26)14-5-9-16(10-6-14)24-25-21-19(27)2-1-3-20(21)28/h1-12,27-28H/b11-7+,25-24?. The number of phenolic OH excluding ortho intramolecular Hbond substituents is 2. The zero-order valence-electron chi connectivity index (χ0n) is 14.4. The van der Waals surface area contributed by atoms with Crippen molar-refractivity contribution in [2.24, 2.45) is 10.2 Å². The van der Waals surface area contributed by atoms with E-state index in [1.807, 2.05) is 0 Å². The number of aromatic hydroxyl groups is 2. The molecule has 0 heterocycles. The fourth-order valence-electron chi connectivity index (χ4n) is 2.32. The van der Waals surface area contributed by atoms with E-state index in [0.717, 1.165) is 0 Å². The lowest BCUT2D eigenvalue weighted by molar-refractivity contribution is 0.104. The zero-order valence-corrected chi connectivity index (χ0v) is 15.9. The van der Waals surface area contributed by atoms with E-state index in [9.17, 15) is 15.0 Å². The Hall–Kier alpha value is -3.15. The Labute approximate surface area is 171 Å². The number of azo groups is 1. The van der Waals surface area contributed by atoms with E-state index in [2.05, 4.69) is 10.2 Å². The number of phenols is 2. The van der Waals surface area contributed by atoms with Gasteiger partial charge >= 0.3 is 0 Å². The van der Waals surface area contributed by atoms with Crippen molar-refractivity contribution in [1.29, 1.82) is 0 Å². The minimum absolute atomic E-state index is 0.0228. The number of hydrogen-bond acceptors (Lipinski definition) is 5. The molecule has 2 N–H and O–H groups in total. The number of carbonyl (C=O) groups is 1. The summed E-state index contributed by atoms with van der Waals surface area (Å²) in [7, 11) is 0. The van der Waals surface area contributed by atoms with Crippen LogP contribution < -0.4 is 0 Å². The average Bonchev–Trinajstić information content (AvgIpc) is 2.67. The number of rotatable bonds is 5. The topological polar surface area (TPSA) is 82.2 Å². The number of halogens is 2. The first-order valence-electron chi connectivity index (χ1n) is 8.14. The molecule has 0 bridgehead atoms. The largest absolute Gasteiger partial charge is 0.505 e. The molecule has 0 unspecified atom stereocenters. The summed E-state index contributed by atoms with van der Waals surface area (Å²) in [6.45, 7) is 0. The molecule has 0 spiro atoms. The maximum atomic E-state index is 12.3. The molecule has 0 atom stereocenters. The number of hydrogen-bond donors (Lipinski definition) is 2. The van der Waals surface area contributed by atoms with Gasteiger partial charge in [0.1, 0.15) is 11.5 Å². The van der Waals surface area contributed by atoms with Crippen molar-refractivity contribution in [2.75, 3.05) is 0 Å². The summed E-state index contributed by atoms with van der Waals surface area (Å²) in [6.07, 6.45) is 3.04. The predicted octanol–water partition coefficient (Wildman–Crippen LogP) is 6.72. The summed E-state index contributed by atoms with van der Waals surface area (Å²) in [5.74, 6) is -0.559. The summed E-state index contributed by atoms with van der Waals surface area (Å²) < 4.78 is 0. The number of benzene rings is 3. The van der Waals surface area contributed by atoms with Gasteiger partial charge in [0.25, 0.3) is 0 Å². The molecule has 0 aliphatic rings. The van der Waals surface area contributed by atoms with Crippen LogP contribution >= 0.6 is 23.2 Å². The van der Waals surface area contributed by atoms with Gasteiger partial charge in [0.15, 0.2) is 11.5 Å². The van der Waals surface area contributed by atoms with Gasteiger partial charge < -0.3 is 10.2 Å². The first-order valence-corrected chi connectivity index (χ1v) is 8.90. The van der Waals surface area contributed by atoms with E-state index in [4.69, 9.17) is 23.2 Å². The Morgan fingerprint density at radius 2 is 1.57 bits per heavy atom. The molecule has 0 saturated carbocycles.